The number of hydrogen-bond donors (Lipinski definition) is 1. The molecule has 0 spiro atoms. The summed E-state index contributed by atoms with van der Waals surface area (Å²) in [6.07, 6.45) is 1.72. The van der Waals surface area contributed by atoms with E-state index in [1.54, 1.807) is 24.4 Å². The number of nitrogens with zero attached hydrogens (tertiary/aromatic N) is 4. The number of non-ortho nitro benzene ring substituents is 1. The Hall–Kier alpha value is -3.87. The first-order valence-corrected chi connectivity index (χ1v) is 7.90. The van der Waals surface area contributed by atoms with Gasteiger partial charge in [-0.3, -0.25) is 15.1 Å². The van der Waals surface area contributed by atoms with E-state index in [9.17, 15) is 10.1 Å². The van der Waals surface area contributed by atoms with Crippen LogP contribution in [-0.4, -0.2) is 19.9 Å². The Labute approximate surface area is 148 Å². The zero-order valence-corrected chi connectivity index (χ0v) is 13.5. The highest BCUT2D eigenvalue weighted by atomic mass is 16.6. The van der Waals surface area contributed by atoms with Gasteiger partial charge in [0.2, 0.25) is 0 Å². The summed E-state index contributed by atoms with van der Waals surface area (Å²) in [6, 6.07) is 19.5. The molecular weight excluding hydrogens is 330 g/mol. The minimum atomic E-state index is -0.432. The molecule has 2 heterocycles. The molecule has 0 atom stereocenters. The molecule has 0 unspecified atom stereocenters. The molecule has 2 aromatic heterocycles. The first kappa shape index (κ1) is 15.6. The number of pyridine rings is 1. The highest BCUT2D eigenvalue weighted by Gasteiger charge is 2.07. The van der Waals surface area contributed by atoms with Crippen molar-refractivity contribution >= 4 is 28.4 Å². The van der Waals surface area contributed by atoms with Gasteiger partial charge in [-0.15, -0.1) is 0 Å². The van der Waals surface area contributed by atoms with E-state index >= 15 is 0 Å². The number of nitro benzene ring substituents is 1. The molecule has 0 radical (unpaired) electrons. The van der Waals surface area contributed by atoms with Gasteiger partial charge in [-0.1, -0.05) is 30.3 Å². The van der Waals surface area contributed by atoms with Crippen LogP contribution in [-0.2, 0) is 0 Å². The molecule has 0 aliphatic carbocycles. The summed E-state index contributed by atoms with van der Waals surface area (Å²) in [6.45, 7) is 0. The predicted molar refractivity (Wildman–Crippen MR) is 99.1 cm³/mol. The molecule has 0 aliphatic heterocycles. The van der Waals surface area contributed by atoms with Crippen LogP contribution in [0.1, 0.15) is 0 Å². The van der Waals surface area contributed by atoms with Gasteiger partial charge in [0.25, 0.3) is 5.69 Å². The van der Waals surface area contributed by atoms with E-state index in [0.29, 0.717) is 22.7 Å². The fraction of sp³-hybridized carbons (Fsp3) is 0. The van der Waals surface area contributed by atoms with E-state index in [1.807, 2.05) is 36.4 Å². The summed E-state index contributed by atoms with van der Waals surface area (Å²) < 4.78 is 0. The number of nitrogens with one attached hydrogen (secondary N) is 1. The highest BCUT2D eigenvalue weighted by Crippen LogP contribution is 2.22. The molecule has 0 bridgehead atoms. The monoisotopic (exact) mass is 343 g/mol. The third-order valence-electron chi connectivity index (χ3n) is 3.83. The second-order valence-corrected chi connectivity index (χ2v) is 5.59. The molecular formula is C19H13N5O2. The van der Waals surface area contributed by atoms with Crippen LogP contribution in [0.5, 0.6) is 0 Å². The minimum absolute atomic E-state index is 0.0420. The van der Waals surface area contributed by atoms with Crippen LogP contribution in [0.4, 0.5) is 17.2 Å². The molecule has 0 amide bonds. The summed E-state index contributed by atoms with van der Waals surface area (Å²) in [4.78, 5) is 23.8. The molecule has 2 aromatic carbocycles. The van der Waals surface area contributed by atoms with Crippen molar-refractivity contribution in [1.29, 1.82) is 0 Å². The number of nitro groups is 1. The largest absolute Gasteiger partial charge is 0.340 e. The van der Waals surface area contributed by atoms with Gasteiger partial charge in [0, 0.05) is 23.4 Å². The van der Waals surface area contributed by atoms with Gasteiger partial charge < -0.3 is 5.32 Å². The molecule has 1 N–H and O–H groups in total. The Kier molecular flexibility index (Phi) is 3.95. The maximum atomic E-state index is 10.7. The first-order chi connectivity index (χ1) is 12.7. The number of benzene rings is 2. The van der Waals surface area contributed by atoms with Crippen LogP contribution in [0.15, 0.2) is 72.9 Å². The summed E-state index contributed by atoms with van der Waals surface area (Å²) >= 11 is 0. The van der Waals surface area contributed by atoms with Gasteiger partial charge in [0.05, 0.1) is 16.8 Å². The standard InChI is InChI=1S/C19H13N5O2/c25-24(26)15-8-6-14(7-9-15)21-18-11-10-16-19(23-18)22-17(12-20-16)13-4-2-1-3-5-13/h1-12H,(H,21,22,23). The third kappa shape index (κ3) is 3.18. The van der Waals surface area contributed by atoms with Gasteiger partial charge in [0.15, 0.2) is 5.65 Å². The third-order valence-corrected chi connectivity index (χ3v) is 3.83. The van der Waals surface area contributed by atoms with Crippen molar-refractivity contribution in [2.24, 2.45) is 0 Å². The van der Waals surface area contributed by atoms with Crippen LogP contribution >= 0.6 is 0 Å². The number of fused-ring (bicyclic) bond motifs is 1. The van der Waals surface area contributed by atoms with Gasteiger partial charge in [-0.25, -0.2) is 9.97 Å². The number of anilines is 2. The molecule has 4 rings (SSSR count). The van der Waals surface area contributed by atoms with E-state index in [-0.39, 0.29) is 5.69 Å². The van der Waals surface area contributed by atoms with Crippen molar-refractivity contribution in [3.8, 4) is 11.3 Å². The summed E-state index contributed by atoms with van der Waals surface area (Å²) in [5.41, 5.74) is 3.68. The lowest BCUT2D eigenvalue weighted by molar-refractivity contribution is -0.384. The normalized spacial score (nSPS) is 10.6. The van der Waals surface area contributed by atoms with E-state index < -0.39 is 4.92 Å². The Morgan fingerprint density at radius 1 is 0.885 bits per heavy atom. The fourth-order valence-corrected chi connectivity index (χ4v) is 2.53. The van der Waals surface area contributed by atoms with Gasteiger partial charge >= 0.3 is 0 Å². The van der Waals surface area contributed by atoms with E-state index in [1.165, 1.54) is 12.1 Å². The van der Waals surface area contributed by atoms with E-state index in [4.69, 9.17) is 0 Å². The Bertz CT molecular complexity index is 1080. The van der Waals surface area contributed by atoms with Crippen LogP contribution in [0, 0.1) is 10.1 Å². The van der Waals surface area contributed by atoms with E-state index in [0.717, 1.165) is 11.3 Å². The minimum Gasteiger partial charge on any atom is -0.340 e. The SMILES string of the molecule is O=[N+]([O-])c1ccc(Nc2ccc3ncc(-c4ccccc4)nc3n2)cc1. The number of rotatable bonds is 4. The highest BCUT2D eigenvalue weighted by molar-refractivity contribution is 5.76. The van der Waals surface area contributed by atoms with Crippen LogP contribution < -0.4 is 5.32 Å². The molecule has 0 saturated heterocycles. The lowest BCUT2D eigenvalue weighted by atomic mass is 10.2. The molecule has 0 fully saturated rings. The molecule has 26 heavy (non-hydrogen) atoms. The summed E-state index contributed by atoms with van der Waals surface area (Å²) in [5.74, 6) is 0.589. The smallest absolute Gasteiger partial charge is 0.269 e. The van der Waals surface area contributed by atoms with Crippen LogP contribution in [0.25, 0.3) is 22.4 Å². The average Bonchev–Trinajstić information content (AvgIpc) is 2.68. The van der Waals surface area contributed by atoms with Crippen LogP contribution in [0.2, 0.25) is 0 Å². The van der Waals surface area contributed by atoms with Crippen molar-refractivity contribution in [2.75, 3.05) is 5.32 Å². The van der Waals surface area contributed by atoms with Crippen molar-refractivity contribution in [3.63, 3.8) is 0 Å². The first-order valence-electron chi connectivity index (χ1n) is 7.90. The molecule has 0 aliphatic rings. The molecule has 7 nitrogen and oxygen atoms in total. The molecule has 7 heteroatoms. The quantitative estimate of drug-likeness (QED) is 0.437. The number of hydrogen-bond acceptors (Lipinski definition) is 6. The second-order valence-electron chi connectivity index (χ2n) is 5.59. The zero-order valence-electron chi connectivity index (χ0n) is 13.5. The van der Waals surface area contributed by atoms with Crippen molar-refractivity contribution < 1.29 is 4.92 Å². The lowest BCUT2D eigenvalue weighted by Gasteiger charge is -2.07. The Morgan fingerprint density at radius 3 is 2.38 bits per heavy atom. The van der Waals surface area contributed by atoms with Crippen LogP contribution in [0.3, 0.4) is 0 Å². The topological polar surface area (TPSA) is 93.8 Å². The Morgan fingerprint density at radius 2 is 1.65 bits per heavy atom. The van der Waals surface area contributed by atoms with Gasteiger partial charge in [0.1, 0.15) is 11.3 Å². The van der Waals surface area contributed by atoms with Crippen molar-refractivity contribution in [2.45, 2.75) is 0 Å². The fourth-order valence-electron chi connectivity index (χ4n) is 2.53. The summed E-state index contributed by atoms with van der Waals surface area (Å²) in [5, 5.41) is 13.8. The van der Waals surface area contributed by atoms with Crippen molar-refractivity contribution in [1.82, 2.24) is 15.0 Å². The Balaban J connectivity index is 1.64. The summed E-state index contributed by atoms with van der Waals surface area (Å²) in [7, 11) is 0. The maximum absolute atomic E-state index is 10.7. The molecule has 126 valence electrons. The van der Waals surface area contributed by atoms with Gasteiger partial charge in [-0.05, 0) is 24.3 Å². The zero-order chi connectivity index (χ0) is 17.9. The second kappa shape index (κ2) is 6.56. The van der Waals surface area contributed by atoms with Crippen molar-refractivity contribution in [3.05, 3.63) is 83.0 Å². The number of aromatic nitrogens is 3. The molecule has 0 saturated carbocycles. The maximum Gasteiger partial charge on any atom is 0.269 e. The lowest BCUT2D eigenvalue weighted by Crippen LogP contribution is -1.97. The predicted octanol–water partition coefficient (Wildman–Crippen LogP) is 4.34. The van der Waals surface area contributed by atoms with Gasteiger partial charge in [-0.2, -0.15) is 0 Å². The van der Waals surface area contributed by atoms with E-state index in [2.05, 4.69) is 20.3 Å². The molecule has 4 aromatic rings. The average molecular weight is 343 g/mol.